The predicted octanol–water partition coefficient (Wildman–Crippen LogP) is 3.73. The normalized spacial score (nSPS) is 10.8. The first kappa shape index (κ1) is 13.3. The van der Waals surface area contributed by atoms with Gasteiger partial charge in [-0.2, -0.15) is 0 Å². The van der Waals surface area contributed by atoms with Crippen LogP contribution in [0.4, 0.5) is 5.69 Å². The van der Waals surface area contributed by atoms with Gasteiger partial charge < -0.3 is 10.1 Å². The second kappa shape index (κ2) is 6.77. The van der Waals surface area contributed by atoms with Crippen LogP contribution >= 0.6 is 11.6 Å². The standard InChI is InChI=1S/C13H20ClNO/c1-10(2)9-16-8-7-15-13-6-4-5-12(14)11(13)3/h4-6,10,15H,7-9H2,1-3H3. The van der Waals surface area contributed by atoms with Gasteiger partial charge in [0.05, 0.1) is 6.61 Å². The second-order valence-electron chi connectivity index (χ2n) is 4.31. The highest BCUT2D eigenvalue weighted by atomic mass is 35.5. The molecular weight excluding hydrogens is 222 g/mol. The molecule has 0 bridgehead atoms. The molecule has 3 heteroatoms. The van der Waals surface area contributed by atoms with Gasteiger partial charge in [0.15, 0.2) is 0 Å². The lowest BCUT2D eigenvalue weighted by atomic mass is 10.2. The highest BCUT2D eigenvalue weighted by Gasteiger charge is 2.00. The molecule has 1 aromatic rings. The molecule has 0 aliphatic heterocycles. The SMILES string of the molecule is Cc1c(Cl)cccc1NCCOCC(C)C. The van der Waals surface area contributed by atoms with Crippen molar-refractivity contribution in [1.82, 2.24) is 0 Å². The molecule has 1 aromatic carbocycles. The molecule has 0 unspecified atom stereocenters. The Hall–Kier alpha value is -0.730. The van der Waals surface area contributed by atoms with E-state index in [0.717, 1.165) is 36.0 Å². The summed E-state index contributed by atoms with van der Waals surface area (Å²) in [6.45, 7) is 8.66. The number of hydrogen-bond donors (Lipinski definition) is 1. The maximum Gasteiger partial charge on any atom is 0.0639 e. The fraction of sp³-hybridized carbons (Fsp3) is 0.538. The molecule has 0 heterocycles. The van der Waals surface area contributed by atoms with Crippen molar-refractivity contribution in [2.75, 3.05) is 25.1 Å². The first-order chi connectivity index (χ1) is 7.61. The number of halogens is 1. The molecule has 0 atom stereocenters. The zero-order valence-electron chi connectivity index (χ0n) is 10.2. The smallest absolute Gasteiger partial charge is 0.0639 e. The number of hydrogen-bond acceptors (Lipinski definition) is 2. The Morgan fingerprint density at radius 2 is 2.12 bits per heavy atom. The van der Waals surface area contributed by atoms with Gasteiger partial charge in [-0.05, 0) is 30.5 Å². The third-order valence-corrected chi connectivity index (χ3v) is 2.69. The van der Waals surface area contributed by atoms with E-state index in [4.69, 9.17) is 16.3 Å². The Balaban J connectivity index is 2.29. The molecule has 0 fully saturated rings. The molecular formula is C13H20ClNO. The molecule has 0 amide bonds. The summed E-state index contributed by atoms with van der Waals surface area (Å²) >= 11 is 6.02. The molecule has 0 saturated heterocycles. The lowest BCUT2D eigenvalue weighted by molar-refractivity contribution is 0.118. The molecule has 1 rings (SSSR count). The first-order valence-electron chi connectivity index (χ1n) is 5.68. The summed E-state index contributed by atoms with van der Waals surface area (Å²) in [5.74, 6) is 0.591. The summed E-state index contributed by atoms with van der Waals surface area (Å²) < 4.78 is 5.49. The molecule has 0 radical (unpaired) electrons. The van der Waals surface area contributed by atoms with Gasteiger partial charge in [0, 0.05) is 23.9 Å². The van der Waals surface area contributed by atoms with Crippen molar-refractivity contribution in [2.45, 2.75) is 20.8 Å². The van der Waals surface area contributed by atoms with Gasteiger partial charge in [0.2, 0.25) is 0 Å². The highest BCUT2D eigenvalue weighted by Crippen LogP contribution is 2.22. The van der Waals surface area contributed by atoms with Crippen LogP contribution in [-0.4, -0.2) is 19.8 Å². The van der Waals surface area contributed by atoms with E-state index in [2.05, 4.69) is 19.2 Å². The minimum absolute atomic E-state index is 0.591. The Bertz CT molecular complexity index is 326. The van der Waals surface area contributed by atoms with Crippen molar-refractivity contribution in [3.8, 4) is 0 Å². The van der Waals surface area contributed by atoms with Crippen LogP contribution in [0, 0.1) is 12.8 Å². The summed E-state index contributed by atoms with van der Waals surface area (Å²) in [7, 11) is 0. The maximum atomic E-state index is 6.02. The van der Waals surface area contributed by atoms with E-state index < -0.39 is 0 Å². The fourth-order valence-electron chi connectivity index (χ4n) is 1.38. The summed E-state index contributed by atoms with van der Waals surface area (Å²) in [6.07, 6.45) is 0. The van der Waals surface area contributed by atoms with E-state index in [-0.39, 0.29) is 0 Å². The van der Waals surface area contributed by atoms with Crippen LogP contribution in [0.15, 0.2) is 18.2 Å². The minimum atomic E-state index is 0.591. The Morgan fingerprint density at radius 3 is 2.81 bits per heavy atom. The summed E-state index contributed by atoms with van der Waals surface area (Å²) in [4.78, 5) is 0. The van der Waals surface area contributed by atoms with Crippen molar-refractivity contribution in [2.24, 2.45) is 5.92 Å². The topological polar surface area (TPSA) is 21.3 Å². The summed E-state index contributed by atoms with van der Waals surface area (Å²) in [6, 6.07) is 5.88. The Labute approximate surface area is 103 Å². The van der Waals surface area contributed by atoms with E-state index in [1.165, 1.54) is 0 Å². The van der Waals surface area contributed by atoms with Gasteiger partial charge in [-0.3, -0.25) is 0 Å². The van der Waals surface area contributed by atoms with Gasteiger partial charge in [-0.15, -0.1) is 0 Å². The Morgan fingerprint density at radius 1 is 1.38 bits per heavy atom. The third-order valence-electron chi connectivity index (χ3n) is 2.28. The van der Waals surface area contributed by atoms with Crippen molar-refractivity contribution in [3.63, 3.8) is 0 Å². The van der Waals surface area contributed by atoms with Crippen LogP contribution in [0.2, 0.25) is 5.02 Å². The van der Waals surface area contributed by atoms with Crippen molar-refractivity contribution < 1.29 is 4.74 Å². The quantitative estimate of drug-likeness (QED) is 0.767. The molecule has 16 heavy (non-hydrogen) atoms. The predicted molar refractivity (Wildman–Crippen MR) is 70.3 cm³/mol. The molecule has 0 aliphatic carbocycles. The zero-order valence-corrected chi connectivity index (χ0v) is 11.0. The molecule has 0 spiro atoms. The lowest BCUT2D eigenvalue weighted by Gasteiger charge is -2.11. The van der Waals surface area contributed by atoms with Crippen LogP contribution in [-0.2, 0) is 4.74 Å². The Kier molecular flexibility index (Phi) is 5.64. The van der Waals surface area contributed by atoms with Crippen LogP contribution in [0.25, 0.3) is 0 Å². The second-order valence-corrected chi connectivity index (χ2v) is 4.72. The monoisotopic (exact) mass is 241 g/mol. The van der Waals surface area contributed by atoms with Gasteiger partial charge >= 0.3 is 0 Å². The average Bonchev–Trinajstić information content (AvgIpc) is 2.23. The van der Waals surface area contributed by atoms with E-state index in [9.17, 15) is 0 Å². The number of benzene rings is 1. The first-order valence-corrected chi connectivity index (χ1v) is 6.05. The third kappa shape index (κ3) is 4.42. The van der Waals surface area contributed by atoms with E-state index in [1.807, 2.05) is 25.1 Å². The van der Waals surface area contributed by atoms with Crippen LogP contribution in [0.3, 0.4) is 0 Å². The number of nitrogens with one attached hydrogen (secondary N) is 1. The van der Waals surface area contributed by atoms with Crippen LogP contribution in [0.1, 0.15) is 19.4 Å². The molecule has 0 aliphatic rings. The van der Waals surface area contributed by atoms with Crippen molar-refractivity contribution in [3.05, 3.63) is 28.8 Å². The molecule has 90 valence electrons. The molecule has 2 nitrogen and oxygen atoms in total. The average molecular weight is 242 g/mol. The molecule has 1 N–H and O–H groups in total. The maximum absolute atomic E-state index is 6.02. The summed E-state index contributed by atoms with van der Waals surface area (Å²) in [5, 5.41) is 4.12. The number of ether oxygens (including phenoxy) is 1. The highest BCUT2D eigenvalue weighted by molar-refractivity contribution is 6.31. The largest absolute Gasteiger partial charge is 0.382 e. The van der Waals surface area contributed by atoms with Crippen molar-refractivity contribution >= 4 is 17.3 Å². The van der Waals surface area contributed by atoms with Gasteiger partial charge in [-0.25, -0.2) is 0 Å². The molecule has 0 saturated carbocycles. The van der Waals surface area contributed by atoms with Gasteiger partial charge in [0.25, 0.3) is 0 Å². The number of anilines is 1. The van der Waals surface area contributed by atoms with Crippen LogP contribution in [0.5, 0.6) is 0 Å². The fourth-order valence-corrected chi connectivity index (χ4v) is 1.55. The minimum Gasteiger partial charge on any atom is -0.382 e. The zero-order chi connectivity index (χ0) is 12.0. The van der Waals surface area contributed by atoms with Gasteiger partial charge in [0.1, 0.15) is 0 Å². The number of rotatable bonds is 6. The van der Waals surface area contributed by atoms with Crippen LogP contribution < -0.4 is 5.32 Å². The van der Waals surface area contributed by atoms with E-state index in [0.29, 0.717) is 5.92 Å². The van der Waals surface area contributed by atoms with Crippen molar-refractivity contribution in [1.29, 1.82) is 0 Å². The lowest BCUT2D eigenvalue weighted by Crippen LogP contribution is -2.12. The van der Waals surface area contributed by atoms with Gasteiger partial charge in [-0.1, -0.05) is 31.5 Å². The summed E-state index contributed by atoms with van der Waals surface area (Å²) in [5.41, 5.74) is 2.17. The van der Waals surface area contributed by atoms with E-state index >= 15 is 0 Å². The van der Waals surface area contributed by atoms with E-state index in [1.54, 1.807) is 0 Å². The molecule has 0 aromatic heterocycles.